The summed E-state index contributed by atoms with van der Waals surface area (Å²) in [7, 11) is 0. The Morgan fingerprint density at radius 2 is 1.08 bits per heavy atom. The van der Waals surface area contributed by atoms with E-state index in [1.165, 1.54) is 13.8 Å². The van der Waals surface area contributed by atoms with Crippen LogP contribution in [0, 0.1) is 10.4 Å². The van der Waals surface area contributed by atoms with Crippen molar-refractivity contribution in [2.75, 3.05) is 0 Å². The first-order valence-electron chi connectivity index (χ1n) is 7.98. The van der Waals surface area contributed by atoms with Crippen LogP contribution in [0.2, 0.25) is 0 Å². The van der Waals surface area contributed by atoms with Gasteiger partial charge >= 0.3 is 11.9 Å². The highest BCUT2D eigenvalue weighted by molar-refractivity contribution is 5.66. The van der Waals surface area contributed by atoms with E-state index in [0.29, 0.717) is 9.72 Å². The third-order valence-electron chi connectivity index (χ3n) is 3.51. The van der Waals surface area contributed by atoms with Crippen molar-refractivity contribution in [3.8, 4) is 0 Å². The highest BCUT2D eigenvalue weighted by atomic mass is 16.6. The molecule has 24 heavy (non-hydrogen) atoms. The fourth-order valence-corrected chi connectivity index (χ4v) is 2.70. The number of esters is 2. The third kappa shape index (κ3) is 7.14. The smallest absolute Gasteiger partial charge is 0.302 e. The van der Waals surface area contributed by atoms with Gasteiger partial charge in [-0.25, -0.2) is 0 Å². The molecule has 0 rings (SSSR count). The summed E-state index contributed by atoms with van der Waals surface area (Å²) in [6.07, 6.45) is -0.592. The van der Waals surface area contributed by atoms with E-state index < -0.39 is 35.2 Å². The maximum absolute atomic E-state index is 12.5. The van der Waals surface area contributed by atoms with Crippen LogP contribution < -0.4 is 0 Å². The summed E-state index contributed by atoms with van der Waals surface area (Å²) in [6, 6.07) is 0. The molecule has 0 aromatic carbocycles. The average molecular weight is 346 g/mol. The van der Waals surface area contributed by atoms with E-state index in [1.54, 1.807) is 41.5 Å². The predicted molar refractivity (Wildman–Crippen MR) is 87.1 cm³/mol. The Kier molecular flexibility index (Phi) is 7.66. The fourth-order valence-electron chi connectivity index (χ4n) is 2.70. The molecule has 2 unspecified atom stereocenters. The van der Waals surface area contributed by atoms with Gasteiger partial charge in [0.05, 0.1) is 12.8 Å². The molecule has 0 aliphatic carbocycles. The summed E-state index contributed by atoms with van der Waals surface area (Å²) >= 11 is 0. The topological polar surface area (TPSA) is 105 Å². The summed E-state index contributed by atoms with van der Waals surface area (Å²) in [6.45, 7) is 12.3. The zero-order chi connectivity index (χ0) is 19.3. The van der Waals surface area contributed by atoms with Crippen molar-refractivity contribution in [1.82, 2.24) is 0 Å². The number of nitrogens with zero attached hydrogens (tertiary/aromatic N) is 2. The molecule has 8 heteroatoms. The van der Waals surface area contributed by atoms with Crippen LogP contribution in [0.1, 0.15) is 68.2 Å². The second kappa shape index (κ2) is 8.30. The van der Waals surface area contributed by atoms with Gasteiger partial charge in [-0.3, -0.25) is 9.59 Å². The monoisotopic (exact) mass is 346 g/mol. The highest BCUT2D eigenvalue weighted by Crippen LogP contribution is 2.23. The van der Waals surface area contributed by atoms with Gasteiger partial charge in [0.2, 0.25) is 11.1 Å². The van der Waals surface area contributed by atoms with Crippen LogP contribution in [0.25, 0.3) is 0 Å². The number of carbonyl (C=O) groups is 2. The standard InChI is InChI=1S/C16H30N2O6/c1-11(23-13(3)19)9-15(5,6)17(21)18(22)16(7,8)10-12(2)24-14(4)20/h11-12H,9-10H2,1-8H3/b18-17+. The molecular formula is C16H30N2O6. The van der Waals surface area contributed by atoms with Crippen molar-refractivity contribution >= 4 is 11.9 Å². The number of carbonyl (C=O) groups excluding carboxylic acids is 2. The van der Waals surface area contributed by atoms with Crippen molar-refractivity contribution in [2.24, 2.45) is 0 Å². The minimum Gasteiger partial charge on any atom is -0.567 e. The molecular weight excluding hydrogens is 316 g/mol. The lowest BCUT2D eigenvalue weighted by atomic mass is 9.96. The van der Waals surface area contributed by atoms with Crippen molar-refractivity contribution in [3.63, 3.8) is 0 Å². The third-order valence-corrected chi connectivity index (χ3v) is 3.51. The molecule has 0 amide bonds. The van der Waals surface area contributed by atoms with E-state index in [0.717, 1.165) is 0 Å². The number of hydroxylamine groups is 2. The van der Waals surface area contributed by atoms with E-state index >= 15 is 0 Å². The molecule has 0 bridgehead atoms. The van der Waals surface area contributed by atoms with Crippen molar-refractivity contribution in [3.05, 3.63) is 10.4 Å². The maximum Gasteiger partial charge on any atom is 0.302 e. The van der Waals surface area contributed by atoms with Crippen LogP contribution in [0.4, 0.5) is 0 Å². The van der Waals surface area contributed by atoms with Gasteiger partial charge in [0.1, 0.15) is 12.2 Å². The van der Waals surface area contributed by atoms with Gasteiger partial charge in [0, 0.05) is 51.3 Å². The Morgan fingerprint density at radius 1 is 0.833 bits per heavy atom. The summed E-state index contributed by atoms with van der Waals surface area (Å²) in [5, 5.41) is 25.0. The van der Waals surface area contributed by atoms with Crippen molar-refractivity contribution in [1.29, 1.82) is 0 Å². The number of hydrogen-bond donors (Lipinski definition) is 0. The molecule has 2 atom stereocenters. The Balaban J connectivity index is 5.24. The fraction of sp³-hybridized carbons (Fsp3) is 0.875. The molecule has 0 fully saturated rings. The molecule has 0 saturated heterocycles. The van der Waals surface area contributed by atoms with Crippen LogP contribution in [-0.2, 0) is 19.1 Å². The zero-order valence-electron chi connectivity index (χ0n) is 15.9. The SMILES string of the molecule is CC(=O)OC(C)CC(C)(C)/[N+]([O-])=[N+](\[O-])C(C)(C)CC(C)OC(C)=O. The van der Waals surface area contributed by atoms with Crippen molar-refractivity contribution in [2.45, 2.75) is 91.5 Å². The lowest BCUT2D eigenvalue weighted by Gasteiger charge is -2.28. The average Bonchev–Trinajstić information content (AvgIpc) is 2.32. The van der Waals surface area contributed by atoms with E-state index in [4.69, 9.17) is 9.47 Å². The lowest BCUT2D eigenvalue weighted by Crippen LogP contribution is -2.47. The zero-order valence-corrected chi connectivity index (χ0v) is 15.9. The molecule has 0 radical (unpaired) electrons. The molecule has 8 nitrogen and oxygen atoms in total. The Bertz CT molecular complexity index is 455. The van der Waals surface area contributed by atoms with Gasteiger partial charge in [-0.2, -0.15) is 0 Å². The molecule has 0 spiro atoms. The minimum absolute atomic E-state index is 0.199. The van der Waals surface area contributed by atoms with Crippen LogP contribution in [0.5, 0.6) is 0 Å². The van der Waals surface area contributed by atoms with Gasteiger partial charge in [-0.15, -0.1) is 0 Å². The van der Waals surface area contributed by atoms with Crippen LogP contribution >= 0.6 is 0 Å². The molecule has 0 aromatic heterocycles. The van der Waals surface area contributed by atoms with Crippen LogP contribution in [0.15, 0.2) is 0 Å². The number of hydrogen-bond acceptors (Lipinski definition) is 6. The quantitative estimate of drug-likeness (QED) is 0.289. The molecule has 0 aromatic rings. The van der Waals surface area contributed by atoms with Gasteiger partial charge < -0.3 is 19.9 Å². The lowest BCUT2D eigenvalue weighted by molar-refractivity contribution is -1.02. The summed E-state index contributed by atoms with van der Waals surface area (Å²) in [5.74, 6) is -0.879. The summed E-state index contributed by atoms with van der Waals surface area (Å²) in [5.41, 5.74) is -2.14. The molecule has 0 heterocycles. The second-order valence-electron chi connectivity index (χ2n) is 7.42. The first-order chi connectivity index (χ1) is 10.7. The van der Waals surface area contributed by atoms with Crippen molar-refractivity contribution < 1.29 is 28.8 Å². The number of ether oxygens (including phenoxy) is 2. The number of azo groups is 1. The van der Waals surface area contributed by atoms with Gasteiger partial charge in [0.25, 0.3) is 0 Å². The predicted octanol–water partition coefficient (Wildman–Crippen LogP) is 2.70. The molecule has 140 valence electrons. The Labute approximate surface area is 143 Å². The molecule has 0 N–H and O–H groups in total. The molecule has 0 saturated carbocycles. The van der Waals surface area contributed by atoms with E-state index in [1.807, 2.05) is 0 Å². The summed E-state index contributed by atoms with van der Waals surface area (Å²) < 4.78 is 10.1. The first kappa shape index (κ1) is 22.1. The maximum atomic E-state index is 12.5. The largest absolute Gasteiger partial charge is 0.567 e. The Hall–Kier alpha value is -1.86. The van der Waals surface area contributed by atoms with E-state index in [2.05, 4.69) is 0 Å². The number of rotatable bonds is 8. The molecule has 0 aliphatic heterocycles. The highest BCUT2D eigenvalue weighted by Gasteiger charge is 2.43. The van der Waals surface area contributed by atoms with Crippen LogP contribution in [0.3, 0.4) is 0 Å². The summed E-state index contributed by atoms with van der Waals surface area (Å²) in [4.78, 5) is 22.7. The van der Waals surface area contributed by atoms with E-state index in [9.17, 15) is 20.0 Å². The first-order valence-corrected chi connectivity index (χ1v) is 7.98. The Morgan fingerprint density at radius 3 is 1.29 bits per heavy atom. The van der Waals surface area contributed by atoms with Gasteiger partial charge in [-0.05, 0) is 13.8 Å². The van der Waals surface area contributed by atoms with Gasteiger partial charge in [-0.1, -0.05) is 0 Å². The second-order valence-corrected chi connectivity index (χ2v) is 7.42. The van der Waals surface area contributed by atoms with E-state index in [-0.39, 0.29) is 12.8 Å². The molecule has 0 aliphatic rings. The minimum atomic E-state index is -1.07. The van der Waals surface area contributed by atoms with Gasteiger partial charge in [0.15, 0.2) is 0 Å². The normalized spacial score (nSPS) is 16.0. The van der Waals surface area contributed by atoms with Crippen LogP contribution in [-0.4, -0.2) is 44.9 Å².